The maximum Gasteiger partial charge on any atom is 0.293 e. The lowest BCUT2D eigenvalue weighted by atomic mass is 9.97. The summed E-state index contributed by atoms with van der Waals surface area (Å²) in [7, 11) is 0. The predicted molar refractivity (Wildman–Crippen MR) is 111 cm³/mol. The Hall–Kier alpha value is -2.90. The molecular weight excluding hydrogens is 372 g/mol. The molecule has 0 atom stereocenters. The van der Waals surface area contributed by atoms with Gasteiger partial charge in [0.1, 0.15) is 5.69 Å². The normalized spacial score (nSPS) is 16.9. The molecule has 1 aromatic rings. The third-order valence-electron chi connectivity index (χ3n) is 5.62. The Bertz CT molecular complexity index is 813. The Balaban J connectivity index is 1.64. The van der Waals surface area contributed by atoms with E-state index in [0.717, 1.165) is 19.3 Å². The van der Waals surface area contributed by atoms with Gasteiger partial charge in [-0.1, -0.05) is 11.6 Å². The lowest BCUT2D eigenvalue weighted by Crippen LogP contribution is -2.48. The van der Waals surface area contributed by atoms with Gasteiger partial charge in [-0.3, -0.25) is 19.7 Å². The fourth-order valence-electron chi connectivity index (χ4n) is 3.91. The number of anilines is 1. The van der Waals surface area contributed by atoms with Crippen molar-refractivity contribution >= 4 is 23.2 Å². The largest absolute Gasteiger partial charge is 0.362 e. The second-order valence-corrected chi connectivity index (χ2v) is 7.57. The van der Waals surface area contributed by atoms with Crippen LogP contribution < -0.4 is 10.2 Å². The van der Waals surface area contributed by atoms with Crippen molar-refractivity contribution < 1.29 is 14.5 Å². The van der Waals surface area contributed by atoms with Crippen LogP contribution in [0.2, 0.25) is 0 Å². The molecule has 0 saturated carbocycles. The number of nitrogens with one attached hydrogen (secondary N) is 1. The lowest BCUT2D eigenvalue weighted by molar-refractivity contribution is -0.384. The molecule has 0 radical (unpaired) electrons. The number of carbonyl (C=O) groups excluding carboxylic acids is 2. The Morgan fingerprint density at radius 3 is 2.55 bits per heavy atom. The number of nitro groups is 1. The van der Waals surface area contributed by atoms with Crippen LogP contribution in [0.1, 0.15) is 49.4 Å². The van der Waals surface area contributed by atoms with Crippen molar-refractivity contribution in [3.63, 3.8) is 0 Å². The average Bonchev–Trinajstić information content (AvgIpc) is 2.74. The van der Waals surface area contributed by atoms with Gasteiger partial charge in [-0.05, 0) is 44.2 Å². The summed E-state index contributed by atoms with van der Waals surface area (Å²) < 4.78 is 0. The van der Waals surface area contributed by atoms with Gasteiger partial charge in [0.25, 0.3) is 11.6 Å². The van der Waals surface area contributed by atoms with Crippen molar-refractivity contribution in [1.82, 2.24) is 10.2 Å². The smallest absolute Gasteiger partial charge is 0.293 e. The van der Waals surface area contributed by atoms with E-state index in [9.17, 15) is 19.7 Å². The fraction of sp³-hybridized carbons (Fsp3) is 0.524. The summed E-state index contributed by atoms with van der Waals surface area (Å²) in [5.41, 5.74) is 2.08. The van der Waals surface area contributed by atoms with Gasteiger partial charge in [0, 0.05) is 51.3 Å². The second-order valence-electron chi connectivity index (χ2n) is 7.57. The van der Waals surface area contributed by atoms with Crippen molar-refractivity contribution in [2.45, 2.75) is 39.0 Å². The van der Waals surface area contributed by atoms with Crippen LogP contribution in [0.4, 0.5) is 11.4 Å². The van der Waals surface area contributed by atoms with Crippen LogP contribution in [0, 0.1) is 10.1 Å². The minimum atomic E-state index is -0.448. The molecule has 8 nitrogen and oxygen atoms in total. The first kappa shape index (κ1) is 20.8. The number of benzene rings is 1. The molecule has 1 heterocycles. The van der Waals surface area contributed by atoms with E-state index < -0.39 is 4.92 Å². The van der Waals surface area contributed by atoms with E-state index in [2.05, 4.69) is 11.4 Å². The van der Waals surface area contributed by atoms with Gasteiger partial charge in [-0.25, -0.2) is 0 Å². The van der Waals surface area contributed by atoms with Crippen molar-refractivity contribution in [2.75, 3.05) is 37.6 Å². The SMILES string of the molecule is CC(=O)N1CCN(c2ccc(C(=O)NCCC3=CCCCC3)cc2[N+](=O)[O-])CC1. The number of rotatable bonds is 6. The Labute approximate surface area is 170 Å². The van der Waals surface area contributed by atoms with Gasteiger partial charge < -0.3 is 15.1 Å². The maximum absolute atomic E-state index is 12.5. The molecule has 0 spiro atoms. The number of amides is 2. The van der Waals surface area contributed by atoms with Gasteiger partial charge in [0.15, 0.2) is 0 Å². The van der Waals surface area contributed by atoms with Crippen LogP contribution in [0.5, 0.6) is 0 Å². The second kappa shape index (κ2) is 9.54. The molecule has 8 heteroatoms. The number of hydrogen-bond acceptors (Lipinski definition) is 5. The number of nitrogens with zero attached hydrogens (tertiary/aromatic N) is 3. The lowest BCUT2D eigenvalue weighted by Gasteiger charge is -2.35. The molecule has 1 saturated heterocycles. The molecule has 156 valence electrons. The van der Waals surface area contributed by atoms with Crippen LogP contribution in [-0.4, -0.2) is 54.4 Å². The Kier molecular flexibility index (Phi) is 6.85. The molecule has 1 N–H and O–H groups in total. The summed E-state index contributed by atoms with van der Waals surface area (Å²) in [5.74, 6) is -0.285. The quantitative estimate of drug-likeness (QED) is 0.450. The van der Waals surface area contributed by atoms with E-state index in [1.54, 1.807) is 17.0 Å². The van der Waals surface area contributed by atoms with Crippen molar-refractivity contribution in [2.24, 2.45) is 0 Å². The van der Waals surface area contributed by atoms with Crippen LogP contribution in [0.3, 0.4) is 0 Å². The highest BCUT2D eigenvalue weighted by atomic mass is 16.6. The van der Waals surface area contributed by atoms with Crippen LogP contribution in [-0.2, 0) is 4.79 Å². The number of nitro benzene ring substituents is 1. The molecule has 1 aliphatic carbocycles. The highest BCUT2D eigenvalue weighted by Crippen LogP contribution is 2.30. The summed E-state index contributed by atoms with van der Waals surface area (Å²) in [4.78, 5) is 38.7. The summed E-state index contributed by atoms with van der Waals surface area (Å²) in [5, 5.41) is 14.5. The van der Waals surface area contributed by atoms with Gasteiger partial charge in [0.05, 0.1) is 4.92 Å². The van der Waals surface area contributed by atoms with Crippen molar-refractivity contribution in [3.05, 3.63) is 45.5 Å². The van der Waals surface area contributed by atoms with Gasteiger partial charge >= 0.3 is 0 Å². The molecule has 1 fully saturated rings. The summed E-state index contributed by atoms with van der Waals surface area (Å²) >= 11 is 0. The molecule has 1 aromatic carbocycles. The number of hydrogen-bond donors (Lipinski definition) is 1. The standard InChI is InChI=1S/C21H28N4O4/c1-16(26)23-11-13-24(14-12-23)19-8-7-18(15-20(19)25(28)29)21(27)22-10-9-17-5-3-2-4-6-17/h5,7-8,15H,2-4,6,9-14H2,1H3,(H,22,27). The van der Waals surface area contributed by atoms with Crippen LogP contribution >= 0.6 is 0 Å². The number of allylic oxidation sites excluding steroid dienone is 1. The van der Waals surface area contributed by atoms with E-state index in [1.165, 1.54) is 31.4 Å². The highest BCUT2D eigenvalue weighted by molar-refractivity contribution is 5.95. The Morgan fingerprint density at radius 1 is 1.17 bits per heavy atom. The van der Waals surface area contributed by atoms with Crippen LogP contribution in [0.25, 0.3) is 0 Å². The third-order valence-corrected chi connectivity index (χ3v) is 5.62. The third kappa shape index (κ3) is 5.34. The minimum Gasteiger partial charge on any atom is -0.362 e. The summed E-state index contributed by atoms with van der Waals surface area (Å²) in [6.45, 7) is 4.18. The fourth-order valence-corrected chi connectivity index (χ4v) is 3.91. The summed E-state index contributed by atoms with van der Waals surface area (Å²) in [6.07, 6.45) is 7.71. The predicted octanol–water partition coefficient (Wildman–Crippen LogP) is 2.88. The first-order valence-corrected chi connectivity index (χ1v) is 10.2. The van der Waals surface area contributed by atoms with Gasteiger partial charge in [-0.2, -0.15) is 0 Å². The zero-order valence-electron chi connectivity index (χ0n) is 16.9. The van der Waals surface area contributed by atoms with Crippen molar-refractivity contribution in [3.8, 4) is 0 Å². The molecule has 2 aliphatic rings. The zero-order chi connectivity index (χ0) is 20.8. The molecule has 1 aliphatic heterocycles. The van der Waals surface area contributed by atoms with E-state index in [0.29, 0.717) is 44.0 Å². The first-order valence-electron chi connectivity index (χ1n) is 10.2. The molecule has 29 heavy (non-hydrogen) atoms. The van der Waals surface area contributed by atoms with E-state index in [1.807, 2.05) is 4.90 Å². The topological polar surface area (TPSA) is 95.8 Å². The molecule has 0 bridgehead atoms. The van der Waals surface area contributed by atoms with Crippen LogP contribution in [0.15, 0.2) is 29.8 Å². The number of carbonyl (C=O) groups is 2. The zero-order valence-corrected chi connectivity index (χ0v) is 16.9. The van der Waals surface area contributed by atoms with E-state index >= 15 is 0 Å². The molecule has 0 unspecified atom stereocenters. The van der Waals surface area contributed by atoms with E-state index in [-0.39, 0.29) is 17.5 Å². The molecule has 3 rings (SSSR count). The van der Waals surface area contributed by atoms with E-state index in [4.69, 9.17) is 0 Å². The molecule has 0 aromatic heterocycles. The van der Waals surface area contributed by atoms with Crippen molar-refractivity contribution in [1.29, 1.82) is 0 Å². The monoisotopic (exact) mass is 400 g/mol. The first-order chi connectivity index (χ1) is 14.0. The Morgan fingerprint density at radius 2 is 1.93 bits per heavy atom. The van der Waals surface area contributed by atoms with Gasteiger partial charge in [0.2, 0.25) is 5.91 Å². The molecular formula is C21H28N4O4. The minimum absolute atomic E-state index is 0.00941. The van der Waals surface area contributed by atoms with Gasteiger partial charge in [-0.15, -0.1) is 0 Å². The average molecular weight is 400 g/mol. The maximum atomic E-state index is 12.5. The summed E-state index contributed by atoms with van der Waals surface area (Å²) in [6, 6.07) is 4.62. The molecule has 2 amide bonds. The highest BCUT2D eigenvalue weighted by Gasteiger charge is 2.25. The number of piperazine rings is 1.